The van der Waals surface area contributed by atoms with Crippen molar-refractivity contribution in [3.8, 4) is 0 Å². The van der Waals surface area contributed by atoms with Crippen molar-refractivity contribution >= 4 is 52.3 Å². The predicted molar refractivity (Wildman–Crippen MR) is 104 cm³/mol. The van der Waals surface area contributed by atoms with Crippen LogP contribution in [-0.4, -0.2) is 41.9 Å². The van der Waals surface area contributed by atoms with Crippen LogP contribution >= 0.6 is 46.4 Å². The maximum absolute atomic E-state index is 12.7. The van der Waals surface area contributed by atoms with Crippen molar-refractivity contribution in [1.29, 1.82) is 0 Å². The summed E-state index contributed by atoms with van der Waals surface area (Å²) in [7, 11) is 0. The maximum Gasteiger partial charge on any atom is 0.255 e. The molecule has 25 heavy (non-hydrogen) atoms. The lowest BCUT2D eigenvalue weighted by Gasteiger charge is -2.35. The Labute approximate surface area is 167 Å². The van der Waals surface area contributed by atoms with Gasteiger partial charge in [0.1, 0.15) is 0 Å². The zero-order valence-corrected chi connectivity index (χ0v) is 16.3. The van der Waals surface area contributed by atoms with Gasteiger partial charge in [-0.1, -0.05) is 58.5 Å². The Morgan fingerprint density at radius 2 is 1.64 bits per heavy atom. The number of nitrogens with zero attached hydrogens (tertiary/aromatic N) is 2. The largest absolute Gasteiger partial charge is 0.336 e. The van der Waals surface area contributed by atoms with Crippen LogP contribution in [0.3, 0.4) is 0 Å². The minimum absolute atomic E-state index is 0.0864. The van der Waals surface area contributed by atoms with E-state index in [-0.39, 0.29) is 5.91 Å². The fourth-order valence-electron chi connectivity index (χ4n) is 2.84. The van der Waals surface area contributed by atoms with E-state index in [1.165, 1.54) is 0 Å². The van der Waals surface area contributed by atoms with Crippen LogP contribution in [0.1, 0.15) is 15.9 Å². The summed E-state index contributed by atoms with van der Waals surface area (Å²) in [6.07, 6.45) is 0. The Kier molecular flexibility index (Phi) is 6.13. The molecule has 132 valence electrons. The number of carbonyl (C=O) groups is 1. The monoisotopic (exact) mass is 416 g/mol. The van der Waals surface area contributed by atoms with Crippen molar-refractivity contribution < 1.29 is 4.79 Å². The molecule has 0 bridgehead atoms. The molecule has 3 nitrogen and oxygen atoms in total. The Balaban J connectivity index is 1.61. The predicted octanol–water partition coefficient (Wildman–Crippen LogP) is 5.26. The molecule has 1 aliphatic heterocycles. The van der Waals surface area contributed by atoms with Crippen LogP contribution in [0, 0.1) is 0 Å². The van der Waals surface area contributed by atoms with Crippen LogP contribution in [0.2, 0.25) is 20.1 Å². The first-order chi connectivity index (χ1) is 12.0. The zero-order chi connectivity index (χ0) is 18.0. The van der Waals surface area contributed by atoms with E-state index in [0.29, 0.717) is 38.7 Å². The highest BCUT2D eigenvalue weighted by Crippen LogP contribution is 2.27. The van der Waals surface area contributed by atoms with Gasteiger partial charge in [0.2, 0.25) is 0 Å². The second-order valence-corrected chi connectivity index (χ2v) is 7.53. The van der Waals surface area contributed by atoms with E-state index in [1.54, 1.807) is 29.2 Å². The molecule has 0 saturated carbocycles. The number of piperazine rings is 1. The normalized spacial score (nSPS) is 15.4. The van der Waals surface area contributed by atoms with E-state index < -0.39 is 0 Å². The number of hydrogen-bond acceptors (Lipinski definition) is 2. The van der Waals surface area contributed by atoms with E-state index in [0.717, 1.165) is 25.2 Å². The van der Waals surface area contributed by atoms with Gasteiger partial charge in [-0.25, -0.2) is 0 Å². The quantitative estimate of drug-likeness (QED) is 0.679. The van der Waals surface area contributed by atoms with Gasteiger partial charge in [-0.2, -0.15) is 0 Å². The Morgan fingerprint density at radius 1 is 0.920 bits per heavy atom. The molecule has 0 N–H and O–H groups in total. The molecule has 7 heteroatoms. The summed E-state index contributed by atoms with van der Waals surface area (Å²) in [6, 6.07) is 10.6. The highest BCUT2D eigenvalue weighted by atomic mass is 35.5. The molecule has 1 heterocycles. The van der Waals surface area contributed by atoms with E-state index in [4.69, 9.17) is 46.4 Å². The van der Waals surface area contributed by atoms with E-state index in [1.807, 2.05) is 12.1 Å². The molecule has 0 aliphatic carbocycles. The lowest BCUT2D eigenvalue weighted by Crippen LogP contribution is -2.48. The Hall–Kier alpha value is -0.970. The number of benzene rings is 2. The molecule has 0 spiro atoms. The van der Waals surface area contributed by atoms with Gasteiger partial charge >= 0.3 is 0 Å². The van der Waals surface area contributed by atoms with Gasteiger partial charge in [0.25, 0.3) is 5.91 Å². The molecule has 0 radical (unpaired) electrons. The molecule has 0 atom stereocenters. The summed E-state index contributed by atoms with van der Waals surface area (Å²) >= 11 is 24.3. The lowest BCUT2D eigenvalue weighted by atomic mass is 10.1. The molecular formula is C18H16Cl4N2O. The molecular weight excluding hydrogens is 402 g/mol. The van der Waals surface area contributed by atoms with Crippen LogP contribution in [0.25, 0.3) is 0 Å². The standard InChI is InChI=1S/C18H16Cl4N2O/c19-13-5-4-12(16(21)10-13)11-23-6-8-24(9-7-23)18(25)14-2-1-3-15(20)17(14)22/h1-5,10H,6-9,11H2. The number of halogens is 4. The van der Waals surface area contributed by atoms with Gasteiger partial charge in [-0.15, -0.1) is 0 Å². The topological polar surface area (TPSA) is 23.6 Å². The third-order valence-electron chi connectivity index (χ3n) is 4.25. The summed E-state index contributed by atoms with van der Waals surface area (Å²) in [5, 5.41) is 1.99. The van der Waals surface area contributed by atoms with Crippen LogP contribution in [-0.2, 0) is 6.54 Å². The maximum atomic E-state index is 12.7. The summed E-state index contributed by atoms with van der Waals surface area (Å²) < 4.78 is 0. The van der Waals surface area contributed by atoms with Crippen molar-refractivity contribution in [3.05, 3.63) is 67.6 Å². The third kappa shape index (κ3) is 4.42. The van der Waals surface area contributed by atoms with E-state index >= 15 is 0 Å². The van der Waals surface area contributed by atoms with Crippen molar-refractivity contribution in [2.45, 2.75) is 6.54 Å². The third-order valence-corrected chi connectivity index (χ3v) is 5.66. The summed E-state index contributed by atoms with van der Waals surface area (Å²) in [5.41, 5.74) is 1.48. The molecule has 0 aromatic heterocycles. The number of hydrogen-bond donors (Lipinski definition) is 0. The first kappa shape index (κ1) is 18.8. The molecule has 1 aliphatic rings. The fourth-order valence-corrected chi connectivity index (χ4v) is 3.69. The van der Waals surface area contributed by atoms with Gasteiger partial charge in [0.15, 0.2) is 0 Å². The number of amides is 1. The molecule has 2 aromatic carbocycles. The smallest absolute Gasteiger partial charge is 0.255 e. The van der Waals surface area contributed by atoms with E-state index in [2.05, 4.69) is 4.90 Å². The van der Waals surface area contributed by atoms with Gasteiger partial charge < -0.3 is 4.90 Å². The van der Waals surface area contributed by atoms with Crippen LogP contribution in [0.4, 0.5) is 0 Å². The van der Waals surface area contributed by atoms with Gasteiger partial charge in [-0.3, -0.25) is 9.69 Å². The van der Waals surface area contributed by atoms with Crippen molar-refractivity contribution in [3.63, 3.8) is 0 Å². The van der Waals surface area contributed by atoms with Gasteiger partial charge in [0.05, 0.1) is 15.6 Å². The van der Waals surface area contributed by atoms with Crippen LogP contribution in [0.5, 0.6) is 0 Å². The molecule has 1 amide bonds. The molecule has 0 unspecified atom stereocenters. The highest BCUT2D eigenvalue weighted by Gasteiger charge is 2.24. The zero-order valence-electron chi connectivity index (χ0n) is 13.3. The second kappa shape index (κ2) is 8.15. The van der Waals surface area contributed by atoms with Gasteiger partial charge in [-0.05, 0) is 29.8 Å². The average molecular weight is 418 g/mol. The lowest BCUT2D eigenvalue weighted by molar-refractivity contribution is 0.0628. The summed E-state index contributed by atoms with van der Waals surface area (Å²) in [6.45, 7) is 3.53. The average Bonchev–Trinajstić information content (AvgIpc) is 2.60. The minimum atomic E-state index is -0.0864. The van der Waals surface area contributed by atoms with Gasteiger partial charge in [0, 0.05) is 42.8 Å². The molecule has 2 aromatic rings. The van der Waals surface area contributed by atoms with Crippen LogP contribution < -0.4 is 0 Å². The Bertz CT molecular complexity index is 789. The van der Waals surface area contributed by atoms with E-state index in [9.17, 15) is 4.79 Å². The summed E-state index contributed by atoms with van der Waals surface area (Å²) in [4.78, 5) is 16.7. The summed E-state index contributed by atoms with van der Waals surface area (Å²) in [5.74, 6) is -0.0864. The number of carbonyl (C=O) groups excluding carboxylic acids is 1. The van der Waals surface area contributed by atoms with Crippen molar-refractivity contribution in [2.24, 2.45) is 0 Å². The van der Waals surface area contributed by atoms with Crippen molar-refractivity contribution in [2.75, 3.05) is 26.2 Å². The molecule has 3 rings (SSSR count). The molecule has 1 saturated heterocycles. The second-order valence-electron chi connectivity index (χ2n) is 5.91. The van der Waals surface area contributed by atoms with Crippen LogP contribution in [0.15, 0.2) is 36.4 Å². The molecule has 1 fully saturated rings. The first-order valence-corrected chi connectivity index (χ1v) is 9.36. The highest BCUT2D eigenvalue weighted by molar-refractivity contribution is 6.43. The van der Waals surface area contributed by atoms with Crippen molar-refractivity contribution in [1.82, 2.24) is 9.80 Å². The minimum Gasteiger partial charge on any atom is -0.336 e. The first-order valence-electron chi connectivity index (χ1n) is 7.85. The fraction of sp³-hybridized carbons (Fsp3) is 0.278. The Morgan fingerprint density at radius 3 is 2.32 bits per heavy atom. The number of rotatable bonds is 3. The SMILES string of the molecule is O=C(c1cccc(Cl)c1Cl)N1CCN(Cc2ccc(Cl)cc2Cl)CC1.